The van der Waals surface area contributed by atoms with Crippen LogP contribution in [0.5, 0.6) is 0 Å². The molecule has 0 aliphatic carbocycles. The first-order valence-corrected chi connectivity index (χ1v) is 3.71. The quantitative estimate of drug-likeness (QED) is 0.360. The third kappa shape index (κ3) is 6.52. The zero-order valence-electron chi connectivity index (χ0n) is 6.10. The van der Waals surface area contributed by atoms with Crippen LogP contribution in [0.3, 0.4) is 0 Å². The first-order valence-electron chi connectivity index (χ1n) is 2.37. The summed E-state index contributed by atoms with van der Waals surface area (Å²) in [5.74, 6) is -18.9. The van der Waals surface area contributed by atoms with Gasteiger partial charge in [-0.05, 0) is 0 Å². The molecule has 0 aromatic rings. The lowest BCUT2D eigenvalue weighted by Crippen LogP contribution is -3.00. The molecule has 0 saturated carbocycles. The normalized spacial score (nSPS) is 13.2. The summed E-state index contributed by atoms with van der Waals surface area (Å²) in [4.78, 5) is 0. The number of alkyl halides is 9. The van der Waals surface area contributed by atoms with E-state index in [-0.39, 0.29) is 24.8 Å². The Morgan fingerprint density at radius 2 is 0.600 bits per heavy atom. The lowest BCUT2D eigenvalue weighted by atomic mass is 11.5. The lowest BCUT2D eigenvalue weighted by Gasteiger charge is -2.24. The summed E-state index contributed by atoms with van der Waals surface area (Å²) in [5, 5.41) is 0. The van der Waals surface area contributed by atoms with E-state index in [4.69, 9.17) is 0 Å². The molecule has 15 heavy (non-hydrogen) atoms. The Hall–Kier alpha value is 0.380. The highest BCUT2D eigenvalue weighted by Gasteiger charge is 2.70. The zero-order valence-corrected chi connectivity index (χ0v) is 8.51. The van der Waals surface area contributed by atoms with Gasteiger partial charge in [-0.15, -0.1) is 0 Å². The molecule has 0 nitrogen and oxygen atoms in total. The fourth-order valence-corrected chi connectivity index (χ4v) is 1.29. The second kappa shape index (κ2) is 5.63. The molecule has 0 aliphatic rings. The minimum atomic E-state index is -6.30. The highest BCUT2D eigenvalue weighted by Crippen LogP contribution is 2.72. The third-order valence-electron chi connectivity index (χ3n) is 0.761. The maximum absolute atomic E-state index is 11.3. The van der Waals surface area contributed by atoms with E-state index in [1.807, 2.05) is 0 Å². The summed E-state index contributed by atoms with van der Waals surface area (Å²) >= 11 is 0. The van der Waals surface area contributed by atoms with Gasteiger partial charge in [0.2, 0.25) is 7.92 Å². The molecule has 0 radical (unpaired) electrons. The van der Waals surface area contributed by atoms with Crippen LogP contribution in [0.4, 0.5) is 39.5 Å². The fraction of sp³-hybridized carbons (Fsp3) is 1.00. The van der Waals surface area contributed by atoms with Crippen molar-refractivity contribution in [2.24, 2.45) is 0 Å². The Bertz CT molecular complexity index is 146. The van der Waals surface area contributed by atoms with Crippen LogP contribution >= 0.6 is 7.92 Å². The summed E-state index contributed by atoms with van der Waals surface area (Å²) < 4.78 is 102. The Morgan fingerprint density at radius 3 is 0.600 bits per heavy atom. The van der Waals surface area contributed by atoms with Crippen molar-refractivity contribution in [3.63, 3.8) is 0 Å². The summed E-state index contributed by atoms with van der Waals surface area (Å²) in [6.45, 7) is 0. The molecule has 0 aromatic carbocycles. The molecule has 0 saturated heterocycles. The van der Waals surface area contributed by atoms with E-state index in [1.54, 1.807) is 0 Å². The van der Waals surface area contributed by atoms with Gasteiger partial charge in [0.15, 0.2) is 0 Å². The summed E-state index contributed by atoms with van der Waals surface area (Å²) in [7, 11) is -5.98. The molecule has 0 amide bonds. The minimum absolute atomic E-state index is 0. The van der Waals surface area contributed by atoms with E-state index in [0.29, 0.717) is 0 Å². The number of halogens is 11. The molecule has 12 heteroatoms. The topological polar surface area (TPSA) is 0 Å². The maximum atomic E-state index is 11.3. The van der Waals surface area contributed by atoms with Crippen LogP contribution < -0.4 is 24.8 Å². The van der Waals surface area contributed by atoms with E-state index in [1.165, 1.54) is 0 Å². The van der Waals surface area contributed by atoms with Gasteiger partial charge in [-0.25, -0.2) is 0 Å². The Kier molecular flexibility index (Phi) is 7.79. The summed E-state index contributed by atoms with van der Waals surface area (Å²) in [5.41, 5.74) is 0. The maximum Gasteiger partial charge on any atom is 0.422 e. The van der Waals surface area contributed by atoms with E-state index in [9.17, 15) is 39.5 Å². The average Bonchev–Trinajstić information content (AvgIpc) is 1.44. The van der Waals surface area contributed by atoms with Crippen molar-refractivity contribution in [2.75, 3.05) is 0 Å². The summed E-state index contributed by atoms with van der Waals surface area (Å²) in [6, 6.07) is 0. The van der Waals surface area contributed by atoms with Crippen LogP contribution in [0.15, 0.2) is 0 Å². The van der Waals surface area contributed by atoms with E-state index in [0.717, 1.165) is 0 Å². The molecular weight excluding hydrogens is 309 g/mol. The van der Waals surface area contributed by atoms with E-state index >= 15 is 0 Å². The molecule has 0 spiro atoms. The first-order chi connectivity index (χ1) is 5.37. The molecule has 0 unspecified atom stereocenters. The van der Waals surface area contributed by atoms with Gasteiger partial charge < -0.3 is 24.8 Å². The van der Waals surface area contributed by atoms with Gasteiger partial charge in [0.25, 0.3) is 0 Å². The van der Waals surface area contributed by atoms with Crippen molar-refractivity contribution in [1.82, 2.24) is 0 Å². The molecule has 0 rings (SSSR count). The van der Waals surface area contributed by atoms with Crippen molar-refractivity contribution in [2.45, 2.75) is 17.8 Å². The third-order valence-corrected chi connectivity index (χ3v) is 2.28. The van der Waals surface area contributed by atoms with E-state index < -0.39 is 25.7 Å². The minimum Gasteiger partial charge on any atom is -1.00 e. The van der Waals surface area contributed by atoms with Gasteiger partial charge in [0.1, 0.15) is 0 Å². The van der Waals surface area contributed by atoms with Crippen LogP contribution in [0.25, 0.3) is 0 Å². The molecule has 96 valence electrons. The van der Waals surface area contributed by atoms with Gasteiger partial charge in [0, 0.05) is 0 Å². The first kappa shape index (κ1) is 20.8. The van der Waals surface area contributed by atoms with Gasteiger partial charge >= 0.3 is 17.8 Å². The number of hydrogen-bond donors (Lipinski definition) is 0. The highest BCUT2D eigenvalue weighted by atomic mass is 35.5. The van der Waals surface area contributed by atoms with Crippen LogP contribution in [0, 0.1) is 0 Å². The molecule has 0 aliphatic heterocycles. The van der Waals surface area contributed by atoms with Gasteiger partial charge in [-0.1, -0.05) is 0 Å². The molecular formula is C3Cl2F9P-2. The van der Waals surface area contributed by atoms with E-state index in [2.05, 4.69) is 0 Å². The zero-order chi connectivity index (χ0) is 11.1. The average molecular weight is 309 g/mol. The predicted octanol–water partition coefficient (Wildman–Crippen LogP) is -1.96. The lowest BCUT2D eigenvalue weighted by molar-refractivity contribution is -0.123. The predicted molar refractivity (Wildman–Crippen MR) is 25.1 cm³/mol. The molecule has 0 aromatic heterocycles. The monoisotopic (exact) mass is 308 g/mol. The van der Waals surface area contributed by atoms with Crippen LogP contribution in [-0.4, -0.2) is 17.8 Å². The fourth-order valence-electron chi connectivity index (χ4n) is 0.431. The molecule has 0 heterocycles. The number of hydrogen-bond acceptors (Lipinski definition) is 0. The Labute approximate surface area is 90.8 Å². The highest BCUT2D eigenvalue weighted by molar-refractivity contribution is 7.60. The van der Waals surface area contributed by atoms with Crippen molar-refractivity contribution < 1.29 is 64.3 Å². The van der Waals surface area contributed by atoms with Gasteiger partial charge in [-0.3, -0.25) is 0 Å². The largest absolute Gasteiger partial charge is 1.00 e. The molecule has 0 atom stereocenters. The second-order valence-corrected chi connectivity index (χ2v) is 3.93. The van der Waals surface area contributed by atoms with Crippen molar-refractivity contribution >= 4 is 7.92 Å². The smallest absolute Gasteiger partial charge is 0.422 e. The SMILES string of the molecule is FC(F)(F)P(C(F)(F)F)C(F)(F)F.[Cl-].[Cl-]. The second-order valence-electron chi connectivity index (χ2n) is 1.74. The van der Waals surface area contributed by atoms with Crippen LogP contribution in [-0.2, 0) is 0 Å². The number of rotatable bonds is 0. The van der Waals surface area contributed by atoms with Crippen LogP contribution in [0.2, 0.25) is 0 Å². The van der Waals surface area contributed by atoms with Crippen molar-refractivity contribution in [3.05, 3.63) is 0 Å². The molecule has 0 bridgehead atoms. The molecule has 0 fully saturated rings. The Balaban J connectivity index is -0.000000720. The van der Waals surface area contributed by atoms with Crippen molar-refractivity contribution in [1.29, 1.82) is 0 Å². The van der Waals surface area contributed by atoms with Crippen molar-refractivity contribution in [3.8, 4) is 0 Å². The van der Waals surface area contributed by atoms with Gasteiger partial charge in [-0.2, -0.15) is 39.5 Å². The van der Waals surface area contributed by atoms with Gasteiger partial charge in [0.05, 0.1) is 0 Å². The summed E-state index contributed by atoms with van der Waals surface area (Å²) in [6.07, 6.45) is 0. The van der Waals surface area contributed by atoms with Crippen LogP contribution in [0.1, 0.15) is 0 Å². The molecule has 0 N–H and O–H groups in total. The standard InChI is InChI=1S/C3F9P.2ClH/c4-1(5,6)13(2(7,8)9)3(10,11)12;;/h;2*1H/p-2. The Morgan fingerprint density at radius 1 is 0.467 bits per heavy atom.